The molecule has 0 bridgehead atoms. The van der Waals surface area contributed by atoms with Gasteiger partial charge in [0.2, 0.25) is 0 Å². The van der Waals surface area contributed by atoms with E-state index in [4.69, 9.17) is 5.73 Å². The van der Waals surface area contributed by atoms with Crippen LogP contribution in [-0.2, 0) is 0 Å². The van der Waals surface area contributed by atoms with Gasteiger partial charge in [-0.1, -0.05) is 6.92 Å². The average molecular weight is 521 g/mol. The van der Waals surface area contributed by atoms with Gasteiger partial charge in [0.25, 0.3) is 17.7 Å². The van der Waals surface area contributed by atoms with Gasteiger partial charge in [0.15, 0.2) is 5.69 Å². The number of imidazole rings is 1. The Hall–Kier alpha value is -4.05. The third-order valence-corrected chi connectivity index (χ3v) is 6.67. The number of carbonyl (C=O) groups excluding carboxylic acids is 3. The molecule has 1 aliphatic heterocycles. The number of anilines is 1. The van der Waals surface area contributed by atoms with Crippen molar-refractivity contribution in [2.24, 2.45) is 11.7 Å². The van der Waals surface area contributed by atoms with Crippen molar-refractivity contribution in [2.45, 2.75) is 39.2 Å². The average Bonchev–Trinajstić information content (AvgIpc) is 3.32. The van der Waals surface area contributed by atoms with E-state index < -0.39 is 23.2 Å². The van der Waals surface area contributed by atoms with Crippen LogP contribution < -0.4 is 16.4 Å². The number of piperidine rings is 1. The zero-order valence-corrected chi connectivity index (χ0v) is 21.8. The molecule has 0 spiro atoms. The first-order valence-corrected chi connectivity index (χ1v) is 12.6. The Morgan fingerprint density at radius 1 is 1.03 bits per heavy atom. The maximum atomic E-state index is 13.4. The highest BCUT2D eigenvalue weighted by Crippen LogP contribution is 2.21. The summed E-state index contributed by atoms with van der Waals surface area (Å²) in [6.07, 6.45) is 3.63. The molecule has 4 rings (SSSR count). The van der Waals surface area contributed by atoms with Gasteiger partial charge in [-0.05, 0) is 94.2 Å². The summed E-state index contributed by atoms with van der Waals surface area (Å²) < 4.78 is 14.6. The van der Waals surface area contributed by atoms with E-state index in [0.717, 1.165) is 25.9 Å². The summed E-state index contributed by atoms with van der Waals surface area (Å²) in [5.74, 6) is -1.37. The van der Waals surface area contributed by atoms with Gasteiger partial charge in [0.1, 0.15) is 17.8 Å². The van der Waals surface area contributed by atoms with Crippen molar-refractivity contribution >= 4 is 23.4 Å². The highest BCUT2D eigenvalue weighted by molar-refractivity contribution is 6.05. The third kappa shape index (κ3) is 6.44. The number of amides is 3. The Bertz CT molecular complexity index is 1310. The number of benzene rings is 2. The zero-order chi connectivity index (χ0) is 27.4. The Morgan fingerprint density at radius 2 is 1.66 bits per heavy atom. The summed E-state index contributed by atoms with van der Waals surface area (Å²) in [5, 5.41) is 5.79. The van der Waals surface area contributed by atoms with Crippen LogP contribution in [0.25, 0.3) is 5.69 Å². The number of hydrogen-bond acceptors (Lipinski definition) is 5. The van der Waals surface area contributed by atoms with Crippen LogP contribution in [0.2, 0.25) is 0 Å². The molecule has 200 valence electrons. The molecule has 1 aromatic heterocycles. The lowest BCUT2D eigenvalue weighted by atomic mass is 9.96. The topological polar surface area (TPSA) is 122 Å². The molecule has 0 saturated carbocycles. The summed E-state index contributed by atoms with van der Waals surface area (Å²) >= 11 is 0. The molecular weight excluding hydrogens is 487 g/mol. The molecule has 9 nitrogen and oxygen atoms in total. The Balaban J connectivity index is 1.51. The second kappa shape index (κ2) is 11.1. The maximum absolute atomic E-state index is 13.4. The van der Waals surface area contributed by atoms with Crippen molar-refractivity contribution in [3.8, 4) is 5.69 Å². The minimum atomic E-state index is -0.806. The number of aromatic nitrogens is 2. The van der Waals surface area contributed by atoms with Crippen molar-refractivity contribution in [3.05, 3.63) is 77.6 Å². The number of nitrogens with one attached hydrogen (secondary N) is 2. The largest absolute Gasteiger partial charge is 0.364 e. The summed E-state index contributed by atoms with van der Waals surface area (Å²) in [7, 11) is 0. The normalized spacial score (nSPS) is 14.7. The van der Waals surface area contributed by atoms with Crippen molar-refractivity contribution in [3.63, 3.8) is 0 Å². The fourth-order valence-electron chi connectivity index (χ4n) is 4.64. The lowest BCUT2D eigenvalue weighted by Crippen LogP contribution is -2.53. The molecule has 1 aliphatic rings. The van der Waals surface area contributed by atoms with E-state index in [1.165, 1.54) is 35.2 Å². The number of halogens is 1. The lowest BCUT2D eigenvalue weighted by molar-refractivity contribution is 0.0852. The number of rotatable bonds is 8. The Kier molecular flexibility index (Phi) is 7.91. The van der Waals surface area contributed by atoms with E-state index in [-0.39, 0.29) is 17.3 Å². The van der Waals surface area contributed by atoms with E-state index >= 15 is 0 Å². The monoisotopic (exact) mass is 520 g/mol. The van der Waals surface area contributed by atoms with Crippen LogP contribution >= 0.6 is 0 Å². The van der Waals surface area contributed by atoms with E-state index in [0.29, 0.717) is 29.4 Å². The highest BCUT2D eigenvalue weighted by atomic mass is 19.1. The minimum Gasteiger partial charge on any atom is -0.364 e. The lowest BCUT2D eigenvalue weighted by Gasteiger charge is -2.37. The van der Waals surface area contributed by atoms with Crippen LogP contribution in [0.15, 0.2) is 54.9 Å². The molecule has 0 unspecified atom stereocenters. The second-order valence-electron chi connectivity index (χ2n) is 10.5. The van der Waals surface area contributed by atoms with Crippen molar-refractivity contribution in [1.29, 1.82) is 0 Å². The van der Waals surface area contributed by atoms with E-state index in [1.54, 1.807) is 24.3 Å². The van der Waals surface area contributed by atoms with Crippen molar-refractivity contribution in [2.75, 3.05) is 25.0 Å². The molecule has 1 fully saturated rings. The number of nitrogens with two attached hydrogens (primary N) is 1. The predicted molar refractivity (Wildman–Crippen MR) is 143 cm³/mol. The molecule has 2 heterocycles. The molecule has 38 heavy (non-hydrogen) atoms. The second-order valence-corrected chi connectivity index (χ2v) is 10.5. The quantitative estimate of drug-likeness (QED) is 0.419. The van der Waals surface area contributed by atoms with Gasteiger partial charge < -0.3 is 21.3 Å². The molecule has 3 aromatic rings. The fourth-order valence-corrected chi connectivity index (χ4v) is 4.64. The zero-order valence-electron chi connectivity index (χ0n) is 21.8. The van der Waals surface area contributed by atoms with Crippen LogP contribution in [0.5, 0.6) is 0 Å². The highest BCUT2D eigenvalue weighted by Gasteiger charge is 2.30. The fraction of sp³-hybridized carbons (Fsp3) is 0.357. The molecule has 2 aromatic carbocycles. The number of hydrogen-bond donors (Lipinski definition) is 3. The van der Waals surface area contributed by atoms with Crippen LogP contribution in [0.1, 0.15) is 64.9 Å². The number of carbonyl (C=O) groups is 3. The van der Waals surface area contributed by atoms with Crippen LogP contribution in [0.3, 0.4) is 0 Å². The summed E-state index contributed by atoms with van der Waals surface area (Å²) in [6.45, 7) is 8.79. The molecule has 10 heteroatoms. The molecule has 3 amide bonds. The predicted octanol–water partition coefficient (Wildman–Crippen LogP) is 3.60. The SMILES string of the molecule is CC1CCN(CC(C)(C)NC(=O)c2c(C(N)=O)ncn2-c2ccc(NC(=O)c3ccc(F)cc3)cc2)CC1. The van der Waals surface area contributed by atoms with Crippen LogP contribution in [-0.4, -0.2) is 57.3 Å². The van der Waals surface area contributed by atoms with E-state index in [2.05, 4.69) is 27.4 Å². The summed E-state index contributed by atoms with van der Waals surface area (Å²) in [4.78, 5) is 44.4. The summed E-state index contributed by atoms with van der Waals surface area (Å²) in [6, 6.07) is 11.9. The Labute approximate surface area is 221 Å². The van der Waals surface area contributed by atoms with Crippen LogP contribution in [0, 0.1) is 11.7 Å². The number of likely N-dealkylation sites (tertiary alicyclic amines) is 1. The van der Waals surface area contributed by atoms with E-state index in [9.17, 15) is 18.8 Å². The van der Waals surface area contributed by atoms with Crippen LogP contribution in [0.4, 0.5) is 10.1 Å². The van der Waals surface area contributed by atoms with Gasteiger partial charge >= 0.3 is 0 Å². The first kappa shape index (κ1) is 27.0. The Morgan fingerprint density at radius 3 is 2.26 bits per heavy atom. The van der Waals surface area contributed by atoms with Gasteiger partial charge in [-0.3, -0.25) is 19.0 Å². The van der Waals surface area contributed by atoms with Gasteiger partial charge in [0.05, 0.1) is 0 Å². The molecule has 1 saturated heterocycles. The molecule has 0 radical (unpaired) electrons. The first-order chi connectivity index (χ1) is 18.0. The maximum Gasteiger partial charge on any atom is 0.271 e. The van der Waals surface area contributed by atoms with Gasteiger partial charge in [-0.2, -0.15) is 0 Å². The minimum absolute atomic E-state index is 0.0425. The molecule has 0 atom stereocenters. The van der Waals surface area contributed by atoms with Gasteiger partial charge in [-0.15, -0.1) is 0 Å². The van der Waals surface area contributed by atoms with Gasteiger partial charge in [-0.25, -0.2) is 9.37 Å². The molecule has 0 aliphatic carbocycles. The molecular formula is C28H33FN6O3. The standard InChI is InChI=1S/C28H33FN6O3/c1-18-12-14-34(15-13-18)16-28(2,3)33-27(38)24-23(25(30)36)31-17-35(24)22-10-8-21(9-11-22)32-26(37)19-4-6-20(29)7-5-19/h4-11,17-18H,12-16H2,1-3H3,(H2,30,36)(H,32,37)(H,33,38). The summed E-state index contributed by atoms with van der Waals surface area (Å²) in [5.41, 5.74) is 6.27. The third-order valence-electron chi connectivity index (χ3n) is 6.67. The van der Waals surface area contributed by atoms with E-state index in [1.807, 2.05) is 13.8 Å². The smallest absolute Gasteiger partial charge is 0.271 e. The number of nitrogens with zero attached hydrogens (tertiary/aromatic N) is 3. The number of primary amides is 1. The first-order valence-electron chi connectivity index (χ1n) is 12.6. The van der Waals surface area contributed by atoms with Crippen molar-refractivity contribution < 1.29 is 18.8 Å². The molecule has 4 N–H and O–H groups in total. The van der Waals surface area contributed by atoms with Crippen molar-refractivity contribution in [1.82, 2.24) is 19.8 Å². The van der Waals surface area contributed by atoms with Gasteiger partial charge in [0, 0.05) is 29.0 Å².